The SMILES string of the molecule is CC1CCCCC1NCCSc1nnc2ccccn12. The first-order valence-electron chi connectivity index (χ1n) is 7.50. The standard InChI is InChI=1S/C15H22N4S/c1-12-6-2-3-7-13(12)16-9-11-20-15-18-17-14-8-4-5-10-19(14)15/h4-5,8,10,12-13,16H,2-3,6-7,9,11H2,1H3. The van der Waals surface area contributed by atoms with Crippen LogP contribution in [-0.2, 0) is 0 Å². The number of pyridine rings is 1. The summed E-state index contributed by atoms with van der Waals surface area (Å²) < 4.78 is 2.05. The molecule has 2 aromatic rings. The van der Waals surface area contributed by atoms with Crippen LogP contribution in [0.25, 0.3) is 5.65 Å². The molecule has 0 saturated heterocycles. The van der Waals surface area contributed by atoms with Gasteiger partial charge in [-0.2, -0.15) is 0 Å². The zero-order valence-corrected chi connectivity index (χ0v) is 12.8. The van der Waals surface area contributed by atoms with E-state index >= 15 is 0 Å². The maximum Gasteiger partial charge on any atom is 0.195 e. The molecule has 0 bridgehead atoms. The second-order valence-corrected chi connectivity index (χ2v) is 6.64. The molecular weight excluding hydrogens is 268 g/mol. The first-order chi connectivity index (χ1) is 9.84. The van der Waals surface area contributed by atoms with Gasteiger partial charge in [0.25, 0.3) is 0 Å². The molecule has 0 spiro atoms. The topological polar surface area (TPSA) is 42.2 Å². The monoisotopic (exact) mass is 290 g/mol. The van der Waals surface area contributed by atoms with Gasteiger partial charge in [0.15, 0.2) is 10.8 Å². The lowest BCUT2D eigenvalue weighted by Crippen LogP contribution is -2.38. The normalized spacial score (nSPS) is 23.2. The molecule has 2 unspecified atom stereocenters. The number of fused-ring (bicyclic) bond motifs is 1. The number of thioether (sulfide) groups is 1. The molecule has 0 aromatic carbocycles. The summed E-state index contributed by atoms with van der Waals surface area (Å²) in [6, 6.07) is 6.70. The quantitative estimate of drug-likeness (QED) is 0.679. The molecule has 2 aromatic heterocycles. The van der Waals surface area contributed by atoms with Crippen LogP contribution in [0.15, 0.2) is 29.6 Å². The van der Waals surface area contributed by atoms with Gasteiger partial charge in [-0.3, -0.25) is 4.40 Å². The molecular formula is C15H22N4S. The molecule has 2 heterocycles. The highest BCUT2D eigenvalue weighted by atomic mass is 32.2. The van der Waals surface area contributed by atoms with Crippen LogP contribution in [0.2, 0.25) is 0 Å². The fourth-order valence-corrected chi connectivity index (χ4v) is 3.72. The molecule has 5 heteroatoms. The van der Waals surface area contributed by atoms with E-state index in [1.54, 1.807) is 11.8 Å². The second kappa shape index (κ2) is 6.59. The van der Waals surface area contributed by atoms with Crippen LogP contribution in [0.5, 0.6) is 0 Å². The molecule has 1 saturated carbocycles. The zero-order chi connectivity index (χ0) is 13.8. The number of nitrogens with zero attached hydrogens (tertiary/aromatic N) is 3. The zero-order valence-electron chi connectivity index (χ0n) is 12.0. The van der Waals surface area contributed by atoms with Crippen LogP contribution in [0.3, 0.4) is 0 Å². The Balaban J connectivity index is 1.48. The largest absolute Gasteiger partial charge is 0.313 e. The Bertz CT molecular complexity index is 554. The summed E-state index contributed by atoms with van der Waals surface area (Å²) in [7, 11) is 0. The lowest BCUT2D eigenvalue weighted by atomic mass is 9.86. The van der Waals surface area contributed by atoms with Gasteiger partial charge >= 0.3 is 0 Å². The van der Waals surface area contributed by atoms with Crippen molar-refractivity contribution in [1.29, 1.82) is 0 Å². The second-order valence-electron chi connectivity index (χ2n) is 5.58. The highest BCUT2D eigenvalue weighted by Crippen LogP contribution is 2.24. The number of rotatable bonds is 5. The lowest BCUT2D eigenvalue weighted by molar-refractivity contribution is 0.285. The lowest BCUT2D eigenvalue weighted by Gasteiger charge is -2.29. The Morgan fingerprint density at radius 1 is 1.30 bits per heavy atom. The van der Waals surface area contributed by atoms with E-state index in [-0.39, 0.29) is 0 Å². The fourth-order valence-electron chi connectivity index (χ4n) is 2.92. The van der Waals surface area contributed by atoms with E-state index in [0.717, 1.165) is 29.0 Å². The molecule has 1 aliphatic rings. The van der Waals surface area contributed by atoms with Crippen molar-refractivity contribution in [3.8, 4) is 0 Å². The third kappa shape index (κ3) is 3.15. The van der Waals surface area contributed by atoms with Crippen molar-refractivity contribution in [1.82, 2.24) is 19.9 Å². The van der Waals surface area contributed by atoms with E-state index in [1.165, 1.54) is 25.7 Å². The predicted octanol–water partition coefficient (Wildman–Crippen LogP) is 2.99. The van der Waals surface area contributed by atoms with E-state index in [9.17, 15) is 0 Å². The van der Waals surface area contributed by atoms with E-state index in [0.29, 0.717) is 6.04 Å². The molecule has 0 amide bonds. The minimum Gasteiger partial charge on any atom is -0.313 e. The maximum atomic E-state index is 4.24. The molecule has 1 N–H and O–H groups in total. The van der Waals surface area contributed by atoms with Crippen molar-refractivity contribution in [3.05, 3.63) is 24.4 Å². The van der Waals surface area contributed by atoms with E-state index in [1.807, 2.05) is 28.8 Å². The van der Waals surface area contributed by atoms with E-state index in [4.69, 9.17) is 0 Å². The van der Waals surface area contributed by atoms with Crippen LogP contribution >= 0.6 is 11.8 Å². The van der Waals surface area contributed by atoms with Crippen LogP contribution in [0.1, 0.15) is 32.6 Å². The molecule has 1 aliphatic carbocycles. The summed E-state index contributed by atoms with van der Waals surface area (Å²) in [5.74, 6) is 1.86. The summed E-state index contributed by atoms with van der Waals surface area (Å²) in [5.41, 5.74) is 0.920. The van der Waals surface area contributed by atoms with Crippen molar-refractivity contribution in [2.75, 3.05) is 12.3 Å². The predicted molar refractivity (Wildman–Crippen MR) is 83.1 cm³/mol. The first-order valence-corrected chi connectivity index (χ1v) is 8.49. The van der Waals surface area contributed by atoms with Crippen LogP contribution in [-0.4, -0.2) is 32.9 Å². The van der Waals surface area contributed by atoms with Gasteiger partial charge < -0.3 is 5.32 Å². The van der Waals surface area contributed by atoms with E-state index < -0.39 is 0 Å². The maximum absolute atomic E-state index is 4.24. The smallest absolute Gasteiger partial charge is 0.195 e. The number of aromatic nitrogens is 3. The van der Waals surface area contributed by atoms with Crippen LogP contribution < -0.4 is 5.32 Å². The first kappa shape index (κ1) is 13.9. The highest BCUT2D eigenvalue weighted by Gasteiger charge is 2.20. The molecule has 1 fully saturated rings. The van der Waals surface area contributed by atoms with Crippen molar-refractivity contribution in [2.45, 2.75) is 43.8 Å². The van der Waals surface area contributed by atoms with Crippen molar-refractivity contribution in [3.63, 3.8) is 0 Å². The van der Waals surface area contributed by atoms with Gasteiger partial charge in [0.05, 0.1) is 0 Å². The Morgan fingerprint density at radius 2 is 2.20 bits per heavy atom. The Labute approximate surface area is 124 Å². The minimum atomic E-state index is 0.708. The number of hydrogen-bond donors (Lipinski definition) is 1. The minimum absolute atomic E-state index is 0.708. The van der Waals surface area contributed by atoms with Gasteiger partial charge in [0.2, 0.25) is 0 Å². The summed E-state index contributed by atoms with van der Waals surface area (Å²) in [6.45, 7) is 3.41. The van der Waals surface area contributed by atoms with Gasteiger partial charge in [0, 0.05) is 24.5 Å². The molecule has 20 heavy (non-hydrogen) atoms. The van der Waals surface area contributed by atoms with Gasteiger partial charge in [-0.05, 0) is 30.9 Å². The molecule has 0 radical (unpaired) electrons. The number of nitrogens with one attached hydrogen (secondary N) is 1. The molecule has 0 aliphatic heterocycles. The highest BCUT2D eigenvalue weighted by molar-refractivity contribution is 7.99. The fraction of sp³-hybridized carbons (Fsp3) is 0.600. The average molecular weight is 290 g/mol. The Kier molecular flexibility index (Phi) is 4.58. The van der Waals surface area contributed by atoms with Gasteiger partial charge in [-0.15, -0.1) is 10.2 Å². The van der Waals surface area contributed by atoms with Crippen LogP contribution in [0, 0.1) is 5.92 Å². The van der Waals surface area contributed by atoms with E-state index in [2.05, 4.69) is 22.4 Å². The summed E-state index contributed by atoms with van der Waals surface area (Å²) in [4.78, 5) is 0. The van der Waals surface area contributed by atoms with Crippen molar-refractivity contribution < 1.29 is 0 Å². The Morgan fingerprint density at radius 3 is 3.10 bits per heavy atom. The molecule has 3 rings (SSSR count). The number of hydrogen-bond acceptors (Lipinski definition) is 4. The third-order valence-electron chi connectivity index (χ3n) is 4.13. The molecule has 4 nitrogen and oxygen atoms in total. The van der Waals surface area contributed by atoms with Crippen molar-refractivity contribution >= 4 is 17.4 Å². The average Bonchev–Trinajstić information content (AvgIpc) is 2.89. The van der Waals surface area contributed by atoms with Gasteiger partial charge in [0.1, 0.15) is 0 Å². The summed E-state index contributed by atoms with van der Waals surface area (Å²) in [6.07, 6.45) is 7.51. The van der Waals surface area contributed by atoms with Gasteiger partial charge in [-0.1, -0.05) is 37.6 Å². The van der Waals surface area contributed by atoms with Gasteiger partial charge in [-0.25, -0.2) is 0 Å². The molecule has 108 valence electrons. The van der Waals surface area contributed by atoms with Crippen molar-refractivity contribution in [2.24, 2.45) is 5.92 Å². The summed E-state index contributed by atoms with van der Waals surface area (Å²) >= 11 is 1.77. The molecule has 2 atom stereocenters. The van der Waals surface area contributed by atoms with Crippen LogP contribution in [0.4, 0.5) is 0 Å². The Hall–Kier alpha value is -1.07. The third-order valence-corrected chi connectivity index (χ3v) is 5.08. The summed E-state index contributed by atoms with van der Waals surface area (Å²) in [5, 5.41) is 13.1.